The molecule has 0 N–H and O–H groups in total. The minimum absolute atomic E-state index is 0.0804. The summed E-state index contributed by atoms with van der Waals surface area (Å²) in [6.07, 6.45) is 2.26. The summed E-state index contributed by atoms with van der Waals surface area (Å²) in [6.45, 7) is 3.16. The number of pyridine rings is 1. The quantitative estimate of drug-likeness (QED) is 0.711. The van der Waals surface area contributed by atoms with Gasteiger partial charge in [-0.25, -0.2) is 4.39 Å². The molecule has 1 fully saturated rings. The molecule has 0 saturated carbocycles. The molecule has 1 saturated heterocycles. The minimum Gasteiger partial charge on any atom is -0.337 e. The van der Waals surface area contributed by atoms with Crippen LogP contribution in [0.1, 0.15) is 17.5 Å². The summed E-state index contributed by atoms with van der Waals surface area (Å²) in [5, 5.41) is 1.13. The van der Waals surface area contributed by atoms with Crippen molar-refractivity contribution in [2.75, 3.05) is 19.6 Å². The average molecular weight is 363 g/mol. The van der Waals surface area contributed by atoms with Crippen LogP contribution in [-0.2, 0) is 17.9 Å². The van der Waals surface area contributed by atoms with E-state index >= 15 is 0 Å². The Hall–Kier alpha value is -2.79. The number of carbonyl (C=O) groups excluding carboxylic acids is 1. The Balaban J connectivity index is 1.46. The molecule has 2 heterocycles. The number of aromatic nitrogens is 1. The highest BCUT2D eigenvalue weighted by atomic mass is 19.1. The first-order valence-electron chi connectivity index (χ1n) is 9.27. The van der Waals surface area contributed by atoms with E-state index < -0.39 is 0 Å². The second-order valence-electron chi connectivity index (χ2n) is 6.93. The Morgan fingerprint density at radius 3 is 2.59 bits per heavy atom. The van der Waals surface area contributed by atoms with Gasteiger partial charge in [0.05, 0.1) is 5.52 Å². The lowest BCUT2D eigenvalue weighted by Crippen LogP contribution is -2.33. The normalized spacial score (nSPS) is 15.9. The van der Waals surface area contributed by atoms with Crippen LogP contribution in [0.4, 0.5) is 4.39 Å². The lowest BCUT2D eigenvalue weighted by atomic mass is 10.1. The van der Waals surface area contributed by atoms with Crippen LogP contribution in [0.15, 0.2) is 60.8 Å². The number of hydrogen-bond acceptors (Lipinski definition) is 3. The summed E-state index contributed by atoms with van der Waals surface area (Å²) >= 11 is 0. The van der Waals surface area contributed by atoms with E-state index in [4.69, 9.17) is 0 Å². The molecule has 0 radical (unpaired) electrons. The topological polar surface area (TPSA) is 36.4 Å². The lowest BCUT2D eigenvalue weighted by molar-refractivity contribution is -0.131. The molecule has 1 aliphatic heterocycles. The average Bonchev–Trinajstić information content (AvgIpc) is 2.86. The van der Waals surface area contributed by atoms with Crippen molar-refractivity contribution < 1.29 is 9.18 Å². The third-order valence-corrected chi connectivity index (χ3v) is 5.11. The molecule has 3 aromatic rings. The molecule has 0 unspecified atom stereocenters. The van der Waals surface area contributed by atoms with Crippen LogP contribution in [0.3, 0.4) is 0 Å². The summed E-state index contributed by atoms with van der Waals surface area (Å²) in [5.41, 5.74) is 2.75. The maximum absolute atomic E-state index is 13.9. The molecule has 5 heteroatoms. The van der Waals surface area contributed by atoms with Crippen molar-refractivity contribution in [2.24, 2.45) is 0 Å². The Morgan fingerprint density at radius 1 is 0.889 bits per heavy atom. The number of amides is 1. The fraction of sp³-hybridized carbons (Fsp3) is 0.273. The van der Waals surface area contributed by atoms with E-state index in [0.717, 1.165) is 24.0 Å². The van der Waals surface area contributed by atoms with Crippen molar-refractivity contribution in [1.29, 1.82) is 0 Å². The van der Waals surface area contributed by atoms with Crippen LogP contribution < -0.4 is 0 Å². The summed E-state index contributed by atoms with van der Waals surface area (Å²) in [5.74, 6) is -0.176. The number of rotatable bonds is 4. The van der Waals surface area contributed by atoms with Gasteiger partial charge in [0.15, 0.2) is 0 Å². The van der Waals surface area contributed by atoms with E-state index in [1.807, 2.05) is 18.3 Å². The number of halogens is 1. The SMILES string of the molecule is O=C1CCN(Cc2cccc3cccnc23)CCN1Cc1ccccc1F. The summed E-state index contributed by atoms with van der Waals surface area (Å²) in [4.78, 5) is 21.1. The third-order valence-electron chi connectivity index (χ3n) is 5.11. The monoisotopic (exact) mass is 363 g/mol. The van der Waals surface area contributed by atoms with Crippen LogP contribution >= 0.6 is 0 Å². The second-order valence-corrected chi connectivity index (χ2v) is 6.93. The molecule has 0 spiro atoms. The molecule has 0 atom stereocenters. The van der Waals surface area contributed by atoms with Gasteiger partial charge in [0.1, 0.15) is 5.82 Å². The van der Waals surface area contributed by atoms with E-state index in [0.29, 0.717) is 31.6 Å². The Labute approximate surface area is 158 Å². The van der Waals surface area contributed by atoms with Crippen LogP contribution in [0.5, 0.6) is 0 Å². The number of para-hydroxylation sites is 1. The summed E-state index contributed by atoms with van der Waals surface area (Å²) in [7, 11) is 0. The molecule has 1 amide bonds. The highest BCUT2D eigenvalue weighted by molar-refractivity contribution is 5.81. The zero-order chi connectivity index (χ0) is 18.6. The van der Waals surface area contributed by atoms with Gasteiger partial charge in [0.2, 0.25) is 5.91 Å². The first-order chi connectivity index (χ1) is 13.2. The van der Waals surface area contributed by atoms with Gasteiger partial charge in [-0.3, -0.25) is 14.7 Å². The zero-order valence-corrected chi connectivity index (χ0v) is 15.1. The van der Waals surface area contributed by atoms with Gasteiger partial charge in [-0.2, -0.15) is 0 Å². The molecule has 0 bridgehead atoms. The van der Waals surface area contributed by atoms with E-state index in [-0.39, 0.29) is 11.7 Å². The maximum Gasteiger partial charge on any atom is 0.224 e. The number of benzene rings is 2. The predicted octanol–water partition coefficient (Wildman–Crippen LogP) is 3.61. The van der Waals surface area contributed by atoms with E-state index in [1.54, 1.807) is 23.1 Å². The lowest BCUT2D eigenvalue weighted by Gasteiger charge is -2.22. The van der Waals surface area contributed by atoms with Crippen molar-refractivity contribution in [3.05, 3.63) is 77.7 Å². The smallest absolute Gasteiger partial charge is 0.224 e. The van der Waals surface area contributed by atoms with Gasteiger partial charge in [-0.15, -0.1) is 0 Å². The zero-order valence-electron chi connectivity index (χ0n) is 15.1. The highest BCUT2D eigenvalue weighted by Gasteiger charge is 2.22. The Morgan fingerprint density at radius 2 is 1.70 bits per heavy atom. The molecule has 4 rings (SSSR count). The molecule has 0 aliphatic carbocycles. The predicted molar refractivity (Wildman–Crippen MR) is 103 cm³/mol. The standard InChI is InChI=1S/C22H22FN3O/c23-20-9-2-1-5-18(20)16-26-14-13-25(12-10-21(26)27)15-19-7-3-6-17-8-4-11-24-22(17)19/h1-9,11H,10,12-16H2. The van der Waals surface area contributed by atoms with Gasteiger partial charge >= 0.3 is 0 Å². The number of fused-ring (bicyclic) bond motifs is 1. The fourth-order valence-electron chi connectivity index (χ4n) is 3.60. The molecule has 138 valence electrons. The van der Waals surface area contributed by atoms with Gasteiger partial charge in [-0.1, -0.05) is 42.5 Å². The van der Waals surface area contributed by atoms with Crippen molar-refractivity contribution in [3.8, 4) is 0 Å². The molecule has 2 aromatic carbocycles. The van der Waals surface area contributed by atoms with Gasteiger partial charge in [0.25, 0.3) is 0 Å². The van der Waals surface area contributed by atoms with Crippen molar-refractivity contribution >= 4 is 16.8 Å². The Kier molecular flexibility index (Phi) is 5.12. The van der Waals surface area contributed by atoms with E-state index in [9.17, 15) is 9.18 Å². The summed E-state index contributed by atoms with van der Waals surface area (Å²) in [6, 6.07) is 16.9. The molecular weight excluding hydrogens is 341 g/mol. The van der Waals surface area contributed by atoms with Crippen LogP contribution in [0.25, 0.3) is 10.9 Å². The first kappa shape index (κ1) is 17.6. The number of carbonyl (C=O) groups is 1. The molecule has 1 aliphatic rings. The molecule has 27 heavy (non-hydrogen) atoms. The van der Waals surface area contributed by atoms with Crippen LogP contribution in [0.2, 0.25) is 0 Å². The van der Waals surface area contributed by atoms with Gasteiger partial charge in [-0.05, 0) is 17.7 Å². The van der Waals surface area contributed by atoms with Crippen molar-refractivity contribution in [1.82, 2.24) is 14.8 Å². The van der Waals surface area contributed by atoms with E-state index in [2.05, 4.69) is 28.1 Å². The molecular formula is C22H22FN3O. The van der Waals surface area contributed by atoms with E-state index in [1.165, 1.54) is 11.6 Å². The molecule has 4 nitrogen and oxygen atoms in total. The Bertz CT molecular complexity index is 954. The van der Waals surface area contributed by atoms with Crippen LogP contribution in [0, 0.1) is 5.82 Å². The highest BCUT2D eigenvalue weighted by Crippen LogP contribution is 2.19. The molecule has 1 aromatic heterocycles. The summed E-state index contributed by atoms with van der Waals surface area (Å²) < 4.78 is 13.9. The number of hydrogen-bond donors (Lipinski definition) is 0. The third kappa shape index (κ3) is 3.98. The second kappa shape index (κ2) is 7.84. The first-order valence-corrected chi connectivity index (χ1v) is 9.27. The van der Waals surface area contributed by atoms with Gasteiger partial charge in [0, 0.05) is 56.3 Å². The number of nitrogens with zero attached hydrogens (tertiary/aromatic N) is 3. The minimum atomic E-state index is -0.256. The maximum atomic E-state index is 13.9. The van der Waals surface area contributed by atoms with Gasteiger partial charge < -0.3 is 4.90 Å². The van der Waals surface area contributed by atoms with Crippen molar-refractivity contribution in [3.63, 3.8) is 0 Å². The fourth-order valence-corrected chi connectivity index (χ4v) is 3.60. The largest absolute Gasteiger partial charge is 0.337 e. The van der Waals surface area contributed by atoms with Crippen LogP contribution in [-0.4, -0.2) is 40.3 Å². The van der Waals surface area contributed by atoms with Crippen molar-refractivity contribution in [2.45, 2.75) is 19.5 Å².